The van der Waals surface area contributed by atoms with Gasteiger partial charge in [-0.05, 0) is 13.3 Å². The van der Waals surface area contributed by atoms with Crippen molar-refractivity contribution in [2.45, 2.75) is 38.3 Å². The van der Waals surface area contributed by atoms with Gasteiger partial charge in [0, 0.05) is 19.6 Å². The molecule has 0 aromatic heterocycles. The van der Waals surface area contributed by atoms with Crippen LogP contribution in [0.25, 0.3) is 0 Å². The van der Waals surface area contributed by atoms with Gasteiger partial charge < -0.3 is 20.5 Å². The molecule has 18 heavy (non-hydrogen) atoms. The average Bonchev–Trinajstić information content (AvgIpc) is 2.72. The van der Waals surface area contributed by atoms with E-state index in [1.807, 2.05) is 0 Å². The summed E-state index contributed by atoms with van der Waals surface area (Å²) in [6, 6.07) is -0.510. The number of aliphatic carboxylic acids is 1. The van der Waals surface area contributed by atoms with E-state index >= 15 is 0 Å². The molecule has 2 atom stereocenters. The summed E-state index contributed by atoms with van der Waals surface area (Å²) >= 11 is 0. The minimum atomic E-state index is -0.975. The highest BCUT2D eigenvalue weighted by Gasteiger charge is 2.27. The number of nitrogens with one attached hydrogen (secondary N) is 2. The smallest absolute Gasteiger partial charge is 0.306 e. The predicted octanol–water partition coefficient (Wildman–Crippen LogP) is -0.739. The SMILES string of the molecule is CCOC(CNC(=O)[C@H]1CCC(=O)N1)CC(=O)O. The van der Waals surface area contributed by atoms with Gasteiger partial charge in [0.05, 0.1) is 12.5 Å². The minimum Gasteiger partial charge on any atom is -0.481 e. The van der Waals surface area contributed by atoms with Crippen LogP contribution < -0.4 is 10.6 Å². The van der Waals surface area contributed by atoms with Crippen LogP contribution in [0.3, 0.4) is 0 Å². The highest BCUT2D eigenvalue weighted by atomic mass is 16.5. The molecule has 1 saturated heterocycles. The summed E-state index contributed by atoms with van der Waals surface area (Å²) in [6.45, 7) is 2.27. The van der Waals surface area contributed by atoms with Crippen LogP contribution in [0.5, 0.6) is 0 Å². The maximum atomic E-state index is 11.7. The Bertz CT molecular complexity index is 331. The third kappa shape index (κ3) is 4.70. The molecule has 0 bridgehead atoms. The van der Waals surface area contributed by atoms with Crippen molar-refractivity contribution in [3.63, 3.8) is 0 Å². The first-order valence-corrected chi connectivity index (χ1v) is 5.93. The van der Waals surface area contributed by atoms with E-state index in [-0.39, 0.29) is 24.8 Å². The number of carboxylic acids is 1. The molecule has 1 rings (SSSR count). The maximum absolute atomic E-state index is 11.7. The summed E-state index contributed by atoms with van der Waals surface area (Å²) in [6.07, 6.45) is 0.115. The van der Waals surface area contributed by atoms with Gasteiger partial charge in [-0.1, -0.05) is 0 Å². The van der Waals surface area contributed by atoms with Gasteiger partial charge in [-0.25, -0.2) is 0 Å². The number of rotatable bonds is 7. The van der Waals surface area contributed by atoms with Gasteiger partial charge >= 0.3 is 5.97 Å². The molecule has 0 aromatic carbocycles. The fraction of sp³-hybridized carbons (Fsp3) is 0.727. The van der Waals surface area contributed by atoms with Crippen molar-refractivity contribution in [1.29, 1.82) is 0 Å². The lowest BCUT2D eigenvalue weighted by Gasteiger charge is -2.17. The van der Waals surface area contributed by atoms with E-state index in [1.54, 1.807) is 6.92 Å². The van der Waals surface area contributed by atoms with E-state index in [2.05, 4.69) is 10.6 Å². The third-order valence-corrected chi connectivity index (χ3v) is 2.62. The molecule has 2 amide bonds. The van der Waals surface area contributed by atoms with Gasteiger partial charge in [0.2, 0.25) is 11.8 Å². The molecule has 7 heteroatoms. The number of carbonyl (C=O) groups is 3. The molecule has 1 unspecified atom stereocenters. The first-order valence-electron chi connectivity index (χ1n) is 5.93. The summed E-state index contributed by atoms with van der Waals surface area (Å²) in [5.74, 6) is -1.41. The summed E-state index contributed by atoms with van der Waals surface area (Å²) < 4.78 is 5.20. The summed E-state index contributed by atoms with van der Waals surface area (Å²) in [4.78, 5) is 33.2. The van der Waals surface area contributed by atoms with E-state index < -0.39 is 18.1 Å². The van der Waals surface area contributed by atoms with Crippen molar-refractivity contribution < 1.29 is 24.2 Å². The zero-order valence-corrected chi connectivity index (χ0v) is 10.3. The van der Waals surface area contributed by atoms with Crippen molar-refractivity contribution in [3.05, 3.63) is 0 Å². The molecule has 0 spiro atoms. The highest BCUT2D eigenvalue weighted by Crippen LogP contribution is 2.06. The van der Waals surface area contributed by atoms with Crippen molar-refractivity contribution in [1.82, 2.24) is 10.6 Å². The van der Waals surface area contributed by atoms with Crippen molar-refractivity contribution >= 4 is 17.8 Å². The molecular weight excluding hydrogens is 240 g/mol. The van der Waals surface area contributed by atoms with Gasteiger partial charge in [0.1, 0.15) is 6.04 Å². The summed E-state index contributed by atoms with van der Waals surface area (Å²) in [5, 5.41) is 13.8. The second-order valence-electron chi connectivity index (χ2n) is 4.08. The van der Waals surface area contributed by atoms with Crippen LogP contribution >= 0.6 is 0 Å². The molecule has 0 radical (unpaired) electrons. The number of carboxylic acid groups (broad SMARTS) is 1. The van der Waals surface area contributed by atoms with E-state index in [4.69, 9.17) is 9.84 Å². The van der Waals surface area contributed by atoms with Gasteiger partial charge in [-0.3, -0.25) is 14.4 Å². The predicted molar refractivity (Wildman–Crippen MR) is 61.8 cm³/mol. The van der Waals surface area contributed by atoms with Gasteiger partial charge in [-0.15, -0.1) is 0 Å². The third-order valence-electron chi connectivity index (χ3n) is 2.62. The fourth-order valence-electron chi connectivity index (χ4n) is 1.77. The molecular formula is C11H18N2O5. The number of amides is 2. The second kappa shape index (κ2) is 6.95. The van der Waals surface area contributed by atoms with Crippen LogP contribution in [0.15, 0.2) is 0 Å². The number of hydrogen-bond donors (Lipinski definition) is 3. The zero-order chi connectivity index (χ0) is 13.5. The lowest BCUT2D eigenvalue weighted by atomic mass is 10.2. The molecule has 0 aromatic rings. The highest BCUT2D eigenvalue weighted by molar-refractivity contribution is 5.90. The number of ether oxygens (including phenoxy) is 1. The monoisotopic (exact) mass is 258 g/mol. The lowest BCUT2D eigenvalue weighted by molar-refractivity contribution is -0.140. The zero-order valence-electron chi connectivity index (χ0n) is 10.3. The molecule has 0 saturated carbocycles. The van der Waals surface area contributed by atoms with Crippen LogP contribution in [0, 0.1) is 0 Å². The van der Waals surface area contributed by atoms with Crippen LogP contribution in [-0.2, 0) is 19.1 Å². The standard InChI is InChI=1S/C11H18N2O5/c1-2-18-7(5-10(15)16)6-12-11(17)8-3-4-9(14)13-8/h7-8H,2-6H2,1H3,(H,12,17)(H,13,14)(H,15,16)/t7?,8-/m1/s1. The Morgan fingerprint density at radius 2 is 2.33 bits per heavy atom. The number of hydrogen-bond acceptors (Lipinski definition) is 4. The van der Waals surface area contributed by atoms with Gasteiger partial charge in [0.15, 0.2) is 0 Å². The van der Waals surface area contributed by atoms with Gasteiger partial charge in [-0.2, -0.15) is 0 Å². The Kier molecular flexibility index (Phi) is 5.57. The molecule has 7 nitrogen and oxygen atoms in total. The number of carbonyl (C=O) groups excluding carboxylic acids is 2. The normalized spacial score (nSPS) is 20.3. The minimum absolute atomic E-state index is 0.130. The lowest BCUT2D eigenvalue weighted by Crippen LogP contribution is -2.44. The molecule has 1 fully saturated rings. The van der Waals surface area contributed by atoms with Crippen molar-refractivity contribution in [3.8, 4) is 0 Å². The van der Waals surface area contributed by atoms with E-state index in [1.165, 1.54) is 0 Å². The fourth-order valence-corrected chi connectivity index (χ4v) is 1.77. The maximum Gasteiger partial charge on any atom is 0.306 e. The summed E-state index contributed by atoms with van der Waals surface area (Å²) in [7, 11) is 0. The molecule has 102 valence electrons. The topological polar surface area (TPSA) is 105 Å². The molecule has 1 aliphatic heterocycles. The molecule has 1 aliphatic rings. The average molecular weight is 258 g/mol. The van der Waals surface area contributed by atoms with E-state index in [0.29, 0.717) is 19.4 Å². The molecule has 1 heterocycles. The van der Waals surface area contributed by atoms with E-state index in [0.717, 1.165) is 0 Å². The Morgan fingerprint density at radius 3 is 2.83 bits per heavy atom. The summed E-state index contributed by atoms with van der Waals surface area (Å²) in [5.41, 5.74) is 0. The van der Waals surface area contributed by atoms with Crippen LogP contribution in [0.2, 0.25) is 0 Å². The Morgan fingerprint density at radius 1 is 1.61 bits per heavy atom. The van der Waals surface area contributed by atoms with Crippen LogP contribution in [-0.4, -0.2) is 48.2 Å². The van der Waals surface area contributed by atoms with Crippen LogP contribution in [0.1, 0.15) is 26.2 Å². The van der Waals surface area contributed by atoms with Crippen LogP contribution in [0.4, 0.5) is 0 Å². The largest absolute Gasteiger partial charge is 0.481 e. The quantitative estimate of drug-likeness (QED) is 0.558. The molecule has 3 N–H and O–H groups in total. The first kappa shape index (κ1) is 14.4. The van der Waals surface area contributed by atoms with Crippen molar-refractivity contribution in [2.24, 2.45) is 0 Å². The second-order valence-corrected chi connectivity index (χ2v) is 4.08. The van der Waals surface area contributed by atoms with Crippen molar-refractivity contribution in [2.75, 3.05) is 13.2 Å². The van der Waals surface area contributed by atoms with Gasteiger partial charge in [0.25, 0.3) is 0 Å². The first-order chi connectivity index (χ1) is 8.52. The Labute approximate surface area is 105 Å². The molecule has 0 aliphatic carbocycles. The Hall–Kier alpha value is -1.63. The Balaban J connectivity index is 2.34. The van der Waals surface area contributed by atoms with E-state index in [9.17, 15) is 14.4 Å².